The van der Waals surface area contributed by atoms with Crippen molar-refractivity contribution in [3.8, 4) is 0 Å². The third kappa shape index (κ3) is 3.51. The van der Waals surface area contributed by atoms with E-state index in [1.807, 2.05) is 36.4 Å². The molecule has 0 bridgehead atoms. The maximum Gasteiger partial charge on any atom is 0.470 e. The van der Waals surface area contributed by atoms with Gasteiger partial charge in [0.05, 0.1) is 5.92 Å². The highest BCUT2D eigenvalue weighted by Crippen LogP contribution is 2.32. The summed E-state index contributed by atoms with van der Waals surface area (Å²) in [5, 5.41) is 8.62. The second kappa shape index (κ2) is 6.68. The van der Waals surface area contributed by atoms with E-state index in [9.17, 15) is 18.0 Å². The van der Waals surface area contributed by atoms with E-state index in [4.69, 9.17) is 4.42 Å². The van der Waals surface area contributed by atoms with Crippen molar-refractivity contribution in [1.29, 1.82) is 0 Å². The average Bonchev–Trinajstić information content (AvgIpc) is 3.18. The largest absolute Gasteiger partial charge is 0.470 e. The highest BCUT2D eigenvalue weighted by Gasteiger charge is 2.39. The molecule has 27 heavy (non-hydrogen) atoms. The molecule has 8 heteroatoms. The lowest BCUT2D eigenvalue weighted by Gasteiger charge is -2.31. The van der Waals surface area contributed by atoms with Gasteiger partial charge in [-0.25, -0.2) is 0 Å². The van der Waals surface area contributed by atoms with Crippen LogP contribution in [0.2, 0.25) is 0 Å². The van der Waals surface area contributed by atoms with Gasteiger partial charge in [-0.05, 0) is 35.7 Å². The predicted molar refractivity (Wildman–Crippen MR) is 91.1 cm³/mol. The molecule has 0 saturated carbocycles. The number of halogens is 3. The van der Waals surface area contributed by atoms with Crippen LogP contribution in [0.1, 0.15) is 40.9 Å². The van der Waals surface area contributed by atoms with Crippen molar-refractivity contribution < 1.29 is 22.4 Å². The van der Waals surface area contributed by atoms with Crippen molar-refractivity contribution in [3.63, 3.8) is 0 Å². The monoisotopic (exact) mass is 375 g/mol. The third-order valence-electron chi connectivity index (χ3n) is 4.74. The van der Waals surface area contributed by atoms with Crippen molar-refractivity contribution in [2.45, 2.75) is 24.9 Å². The minimum absolute atomic E-state index is 0.0710. The molecule has 3 aromatic rings. The van der Waals surface area contributed by atoms with Crippen LogP contribution in [0.4, 0.5) is 13.2 Å². The van der Waals surface area contributed by atoms with Gasteiger partial charge in [0.1, 0.15) is 0 Å². The molecular weight excluding hydrogens is 359 g/mol. The Bertz CT molecular complexity index is 983. The Morgan fingerprint density at radius 1 is 1.11 bits per heavy atom. The first-order chi connectivity index (χ1) is 12.9. The van der Waals surface area contributed by atoms with Gasteiger partial charge in [-0.3, -0.25) is 4.79 Å². The number of amides is 1. The highest BCUT2D eigenvalue weighted by atomic mass is 19.4. The zero-order chi connectivity index (χ0) is 19.0. The van der Waals surface area contributed by atoms with Crippen LogP contribution in [0.3, 0.4) is 0 Å². The van der Waals surface area contributed by atoms with Gasteiger partial charge in [0.25, 0.3) is 5.91 Å². The molecule has 0 aliphatic carbocycles. The number of hydrogen-bond acceptors (Lipinski definition) is 4. The van der Waals surface area contributed by atoms with Crippen LogP contribution in [0, 0.1) is 0 Å². The summed E-state index contributed by atoms with van der Waals surface area (Å²) in [6.07, 6.45) is -3.41. The molecule has 0 spiro atoms. The van der Waals surface area contributed by atoms with Crippen LogP contribution < -0.4 is 0 Å². The first-order valence-electron chi connectivity index (χ1n) is 8.60. The summed E-state index contributed by atoms with van der Waals surface area (Å²) in [5.74, 6) is -1.97. The van der Waals surface area contributed by atoms with Crippen molar-refractivity contribution in [1.82, 2.24) is 15.1 Å². The van der Waals surface area contributed by atoms with Crippen molar-refractivity contribution in [2.75, 3.05) is 13.1 Å². The smallest absolute Gasteiger partial charge is 0.417 e. The lowest BCUT2D eigenvalue weighted by atomic mass is 9.97. The number of carbonyl (C=O) groups is 1. The number of nitrogens with zero attached hydrogens (tertiary/aromatic N) is 3. The highest BCUT2D eigenvalue weighted by molar-refractivity contribution is 5.98. The summed E-state index contributed by atoms with van der Waals surface area (Å²) in [5.41, 5.74) is 0.552. The first kappa shape index (κ1) is 17.5. The number of aromatic nitrogens is 2. The molecule has 140 valence electrons. The number of likely N-dealkylation sites (tertiary alicyclic amines) is 1. The zero-order valence-corrected chi connectivity index (χ0v) is 14.2. The van der Waals surface area contributed by atoms with Crippen LogP contribution in [0.15, 0.2) is 46.9 Å². The van der Waals surface area contributed by atoms with Gasteiger partial charge in [0.2, 0.25) is 5.89 Å². The lowest BCUT2D eigenvalue weighted by Crippen LogP contribution is -2.39. The van der Waals surface area contributed by atoms with Gasteiger partial charge in [-0.2, -0.15) is 13.2 Å². The van der Waals surface area contributed by atoms with Crippen LogP contribution in [0.25, 0.3) is 10.8 Å². The first-order valence-corrected chi connectivity index (χ1v) is 8.60. The van der Waals surface area contributed by atoms with E-state index < -0.39 is 18.0 Å². The summed E-state index contributed by atoms with van der Waals surface area (Å²) >= 11 is 0. The molecule has 1 aliphatic heterocycles. The summed E-state index contributed by atoms with van der Waals surface area (Å²) in [6, 6.07) is 13.2. The lowest BCUT2D eigenvalue weighted by molar-refractivity contribution is -0.157. The predicted octanol–water partition coefficient (Wildman–Crippen LogP) is 4.26. The van der Waals surface area contributed by atoms with E-state index in [2.05, 4.69) is 10.2 Å². The molecule has 1 atom stereocenters. The average molecular weight is 375 g/mol. The zero-order valence-electron chi connectivity index (χ0n) is 14.2. The summed E-state index contributed by atoms with van der Waals surface area (Å²) in [4.78, 5) is 14.5. The number of benzene rings is 2. The Labute approximate surface area is 152 Å². The van der Waals surface area contributed by atoms with E-state index in [1.165, 1.54) is 0 Å². The van der Waals surface area contributed by atoms with Gasteiger partial charge in [-0.15, -0.1) is 10.2 Å². The topological polar surface area (TPSA) is 59.2 Å². The number of alkyl halides is 3. The molecule has 1 amide bonds. The molecule has 1 fully saturated rings. The number of piperidine rings is 1. The van der Waals surface area contributed by atoms with Gasteiger partial charge in [0, 0.05) is 18.7 Å². The second-order valence-electron chi connectivity index (χ2n) is 6.60. The molecule has 1 unspecified atom stereocenters. The molecule has 5 nitrogen and oxygen atoms in total. The molecular formula is C19H16F3N3O2. The molecule has 1 aliphatic rings. The molecule has 0 radical (unpaired) electrons. The number of fused-ring (bicyclic) bond motifs is 1. The molecule has 0 N–H and O–H groups in total. The normalized spacial score (nSPS) is 18.0. The maximum absolute atomic E-state index is 12.9. The minimum atomic E-state index is -4.67. The quantitative estimate of drug-likeness (QED) is 0.672. The Morgan fingerprint density at radius 2 is 1.89 bits per heavy atom. The van der Waals surface area contributed by atoms with Crippen LogP contribution in [0.5, 0.6) is 0 Å². The molecule has 1 aromatic heterocycles. The van der Waals surface area contributed by atoms with Crippen LogP contribution >= 0.6 is 0 Å². The fraction of sp³-hybridized carbons (Fsp3) is 0.316. The fourth-order valence-corrected chi connectivity index (χ4v) is 3.38. The SMILES string of the molecule is O=C(c1ccc2ccccc2c1)N1CCCC(c2nnc(C(F)(F)F)o2)C1. The van der Waals surface area contributed by atoms with Crippen LogP contribution in [-0.2, 0) is 6.18 Å². The Hall–Kier alpha value is -2.90. The van der Waals surface area contributed by atoms with Crippen LogP contribution in [-0.4, -0.2) is 34.1 Å². The van der Waals surface area contributed by atoms with Gasteiger partial charge in [0.15, 0.2) is 0 Å². The van der Waals surface area contributed by atoms with Gasteiger partial charge < -0.3 is 9.32 Å². The van der Waals surface area contributed by atoms with E-state index >= 15 is 0 Å². The Morgan fingerprint density at radius 3 is 2.63 bits per heavy atom. The van der Waals surface area contributed by atoms with E-state index in [0.29, 0.717) is 24.9 Å². The second-order valence-corrected chi connectivity index (χ2v) is 6.60. The van der Waals surface area contributed by atoms with Gasteiger partial charge >= 0.3 is 12.1 Å². The molecule has 2 heterocycles. The number of hydrogen-bond donors (Lipinski definition) is 0. The van der Waals surface area contributed by atoms with Gasteiger partial charge in [-0.1, -0.05) is 30.3 Å². The third-order valence-corrected chi connectivity index (χ3v) is 4.74. The summed E-state index contributed by atoms with van der Waals surface area (Å²) in [6.45, 7) is 0.799. The Balaban J connectivity index is 1.53. The standard InChI is InChI=1S/C19H16F3N3O2/c20-19(21,22)18-24-23-16(27-18)15-6-3-9-25(11-15)17(26)14-8-7-12-4-1-2-5-13(12)10-14/h1-2,4-5,7-8,10,15H,3,6,9,11H2. The molecule has 2 aromatic carbocycles. The number of rotatable bonds is 2. The van der Waals surface area contributed by atoms with Crippen molar-refractivity contribution in [2.24, 2.45) is 0 Å². The van der Waals surface area contributed by atoms with Crippen molar-refractivity contribution in [3.05, 3.63) is 59.8 Å². The van der Waals surface area contributed by atoms with E-state index in [0.717, 1.165) is 10.8 Å². The Kier molecular flexibility index (Phi) is 4.33. The van der Waals surface area contributed by atoms with E-state index in [1.54, 1.807) is 11.0 Å². The molecule has 1 saturated heterocycles. The summed E-state index contributed by atoms with van der Waals surface area (Å²) in [7, 11) is 0. The van der Waals surface area contributed by atoms with E-state index in [-0.39, 0.29) is 18.3 Å². The van der Waals surface area contributed by atoms with Crippen molar-refractivity contribution >= 4 is 16.7 Å². The summed E-state index contributed by atoms with van der Waals surface area (Å²) < 4.78 is 42.8. The maximum atomic E-state index is 12.9. The minimum Gasteiger partial charge on any atom is -0.417 e. The molecule has 4 rings (SSSR count). The number of carbonyl (C=O) groups excluding carboxylic acids is 1. The fourth-order valence-electron chi connectivity index (χ4n) is 3.38.